The van der Waals surface area contributed by atoms with Crippen molar-refractivity contribution in [2.24, 2.45) is 5.84 Å². The maximum absolute atomic E-state index is 9.66. The van der Waals surface area contributed by atoms with E-state index in [1.165, 1.54) is 0 Å². The van der Waals surface area contributed by atoms with Crippen molar-refractivity contribution >= 4 is 11.6 Å². The first kappa shape index (κ1) is 14.7. The van der Waals surface area contributed by atoms with E-state index in [1.54, 1.807) is 6.07 Å². The number of hydrogen-bond donors (Lipinski definition) is 4. The van der Waals surface area contributed by atoms with E-state index in [0.29, 0.717) is 18.2 Å². The lowest BCUT2D eigenvalue weighted by atomic mass is 10.2. The molecule has 1 atom stereocenters. The van der Waals surface area contributed by atoms with Gasteiger partial charge >= 0.3 is 0 Å². The molecule has 0 spiro atoms. The fourth-order valence-electron chi connectivity index (χ4n) is 1.65. The molecule has 1 aromatic rings. The van der Waals surface area contributed by atoms with Crippen molar-refractivity contribution in [3.05, 3.63) is 11.9 Å². The number of aryl methyl sites for hydroxylation is 1. The molecular weight excluding hydrogens is 230 g/mol. The Kier molecular flexibility index (Phi) is 6.38. The van der Waals surface area contributed by atoms with Gasteiger partial charge in [-0.25, -0.2) is 15.8 Å². The molecule has 1 aromatic heterocycles. The van der Waals surface area contributed by atoms with Crippen LogP contribution in [0.2, 0.25) is 0 Å². The summed E-state index contributed by atoms with van der Waals surface area (Å²) in [4.78, 5) is 8.63. The SMILES string of the molecule is CCCc1nc(NN)cc(NCC(O)CCC)n1. The van der Waals surface area contributed by atoms with Crippen LogP contribution in [0.15, 0.2) is 6.07 Å². The average Bonchev–Trinajstić information content (AvgIpc) is 2.37. The van der Waals surface area contributed by atoms with Crippen LogP contribution in [-0.4, -0.2) is 27.7 Å². The molecule has 0 aliphatic heterocycles. The van der Waals surface area contributed by atoms with E-state index in [1.807, 2.05) is 6.92 Å². The number of hydrazine groups is 1. The summed E-state index contributed by atoms with van der Waals surface area (Å²) in [6.07, 6.45) is 3.17. The van der Waals surface area contributed by atoms with Gasteiger partial charge in [0.2, 0.25) is 0 Å². The summed E-state index contributed by atoms with van der Waals surface area (Å²) in [6.45, 7) is 4.61. The smallest absolute Gasteiger partial charge is 0.145 e. The van der Waals surface area contributed by atoms with Crippen molar-refractivity contribution in [3.63, 3.8) is 0 Å². The molecule has 18 heavy (non-hydrogen) atoms. The zero-order valence-electron chi connectivity index (χ0n) is 11.1. The van der Waals surface area contributed by atoms with Gasteiger partial charge in [-0.1, -0.05) is 20.3 Å². The van der Waals surface area contributed by atoms with Gasteiger partial charge in [-0.3, -0.25) is 0 Å². The van der Waals surface area contributed by atoms with E-state index in [2.05, 4.69) is 27.6 Å². The molecule has 1 heterocycles. The van der Waals surface area contributed by atoms with Crippen LogP contribution < -0.4 is 16.6 Å². The summed E-state index contributed by atoms with van der Waals surface area (Å²) in [5, 5.41) is 12.8. The van der Waals surface area contributed by atoms with Crippen molar-refractivity contribution in [1.82, 2.24) is 9.97 Å². The summed E-state index contributed by atoms with van der Waals surface area (Å²) in [5.41, 5.74) is 2.53. The van der Waals surface area contributed by atoms with E-state index >= 15 is 0 Å². The molecule has 0 fully saturated rings. The Balaban J connectivity index is 2.65. The first-order chi connectivity index (χ1) is 8.69. The van der Waals surface area contributed by atoms with E-state index in [0.717, 1.165) is 31.5 Å². The molecule has 0 aromatic carbocycles. The summed E-state index contributed by atoms with van der Waals surface area (Å²) in [6, 6.07) is 1.73. The van der Waals surface area contributed by atoms with Gasteiger partial charge in [-0.15, -0.1) is 0 Å². The average molecular weight is 253 g/mol. The van der Waals surface area contributed by atoms with Gasteiger partial charge in [0.1, 0.15) is 17.5 Å². The van der Waals surface area contributed by atoms with Crippen molar-refractivity contribution in [2.45, 2.75) is 45.6 Å². The van der Waals surface area contributed by atoms with Crippen molar-refractivity contribution in [2.75, 3.05) is 17.3 Å². The number of aliphatic hydroxyl groups excluding tert-OH is 1. The Morgan fingerprint density at radius 2 is 2.00 bits per heavy atom. The fraction of sp³-hybridized carbons (Fsp3) is 0.667. The Morgan fingerprint density at radius 3 is 2.61 bits per heavy atom. The Bertz CT molecular complexity index is 358. The highest BCUT2D eigenvalue weighted by molar-refractivity contribution is 5.46. The van der Waals surface area contributed by atoms with Crippen molar-refractivity contribution in [3.8, 4) is 0 Å². The molecule has 5 N–H and O–H groups in total. The second-order valence-corrected chi connectivity index (χ2v) is 4.27. The Labute approximate surface area is 108 Å². The molecule has 1 rings (SSSR count). The monoisotopic (exact) mass is 253 g/mol. The van der Waals surface area contributed by atoms with E-state index in [9.17, 15) is 5.11 Å². The maximum atomic E-state index is 9.66. The van der Waals surface area contributed by atoms with Crippen LogP contribution in [0.1, 0.15) is 38.9 Å². The number of aromatic nitrogens is 2. The Hall–Kier alpha value is -1.40. The summed E-state index contributed by atoms with van der Waals surface area (Å²) in [7, 11) is 0. The minimum Gasteiger partial charge on any atom is -0.391 e. The lowest BCUT2D eigenvalue weighted by Gasteiger charge is -2.12. The van der Waals surface area contributed by atoms with Crippen LogP contribution in [0, 0.1) is 0 Å². The van der Waals surface area contributed by atoms with Gasteiger partial charge in [0.25, 0.3) is 0 Å². The predicted molar refractivity (Wildman–Crippen MR) is 73.2 cm³/mol. The van der Waals surface area contributed by atoms with E-state index in [-0.39, 0.29) is 6.10 Å². The second-order valence-electron chi connectivity index (χ2n) is 4.27. The molecule has 0 bridgehead atoms. The molecule has 0 saturated heterocycles. The zero-order valence-corrected chi connectivity index (χ0v) is 11.1. The highest BCUT2D eigenvalue weighted by Gasteiger charge is 2.06. The van der Waals surface area contributed by atoms with Crippen LogP contribution in [0.4, 0.5) is 11.6 Å². The highest BCUT2D eigenvalue weighted by atomic mass is 16.3. The third-order valence-corrected chi connectivity index (χ3v) is 2.53. The lowest BCUT2D eigenvalue weighted by Crippen LogP contribution is -2.20. The van der Waals surface area contributed by atoms with Crippen molar-refractivity contribution in [1.29, 1.82) is 0 Å². The molecule has 1 unspecified atom stereocenters. The molecule has 0 aliphatic carbocycles. The minimum absolute atomic E-state index is 0.353. The van der Waals surface area contributed by atoms with Crippen LogP contribution in [0.25, 0.3) is 0 Å². The van der Waals surface area contributed by atoms with Crippen LogP contribution in [0.3, 0.4) is 0 Å². The predicted octanol–water partition coefficient (Wildman–Crippen LogP) is 1.29. The van der Waals surface area contributed by atoms with Crippen LogP contribution in [0.5, 0.6) is 0 Å². The van der Waals surface area contributed by atoms with Crippen LogP contribution in [-0.2, 0) is 6.42 Å². The number of nitrogen functional groups attached to an aromatic ring is 1. The number of nitrogens with zero attached hydrogens (tertiary/aromatic N) is 2. The van der Waals surface area contributed by atoms with Crippen LogP contribution >= 0.6 is 0 Å². The normalized spacial score (nSPS) is 12.2. The molecule has 6 heteroatoms. The standard InChI is InChI=1S/C12H23N5O/c1-3-5-9(18)8-14-11-7-12(17-13)16-10(15-11)6-4-2/h7,9,18H,3-6,8,13H2,1-2H3,(H2,14,15,16,17). The largest absolute Gasteiger partial charge is 0.391 e. The third-order valence-electron chi connectivity index (χ3n) is 2.53. The number of anilines is 2. The molecular formula is C12H23N5O. The first-order valence-electron chi connectivity index (χ1n) is 6.46. The summed E-state index contributed by atoms with van der Waals surface area (Å²) in [5.74, 6) is 7.40. The summed E-state index contributed by atoms with van der Waals surface area (Å²) >= 11 is 0. The lowest BCUT2D eigenvalue weighted by molar-refractivity contribution is 0.176. The Morgan fingerprint density at radius 1 is 1.28 bits per heavy atom. The summed E-state index contributed by atoms with van der Waals surface area (Å²) < 4.78 is 0. The van der Waals surface area contributed by atoms with Gasteiger partial charge in [0, 0.05) is 19.0 Å². The third kappa shape index (κ3) is 4.85. The number of hydrogen-bond acceptors (Lipinski definition) is 6. The highest BCUT2D eigenvalue weighted by Crippen LogP contribution is 2.12. The van der Waals surface area contributed by atoms with Gasteiger partial charge in [0.15, 0.2) is 0 Å². The topological polar surface area (TPSA) is 96.1 Å². The number of aliphatic hydroxyl groups is 1. The minimum atomic E-state index is -0.353. The molecule has 0 amide bonds. The van der Waals surface area contributed by atoms with Gasteiger partial charge in [-0.05, 0) is 12.8 Å². The van der Waals surface area contributed by atoms with Gasteiger partial charge in [0.05, 0.1) is 6.10 Å². The maximum Gasteiger partial charge on any atom is 0.145 e. The van der Waals surface area contributed by atoms with Gasteiger partial charge in [-0.2, -0.15) is 0 Å². The van der Waals surface area contributed by atoms with Gasteiger partial charge < -0.3 is 15.8 Å². The van der Waals surface area contributed by atoms with Crippen molar-refractivity contribution < 1.29 is 5.11 Å². The number of rotatable bonds is 8. The fourth-order valence-corrected chi connectivity index (χ4v) is 1.65. The molecule has 0 radical (unpaired) electrons. The van der Waals surface area contributed by atoms with E-state index in [4.69, 9.17) is 5.84 Å². The zero-order chi connectivity index (χ0) is 13.4. The molecule has 6 nitrogen and oxygen atoms in total. The quantitative estimate of drug-likeness (QED) is 0.412. The number of nitrogens with two attached hydrogens (primary N) is 1. The molecule has 102 valence electrons. The second kappa shape index (κ2) is 7.84. The molecule has 0 saturated carbocycles. The molecule has 0 aliphatic rings. The van der Waals surface area contributed by atoms with E-state index < -0.39 is 0 Å². The first-order valence-corrected chi connectivity index (χ1v) is 6.46. The number of nitrogens with one attached hydrogen (secondary N) is 2.